The number of para-hydroxylation sites is 1. The second-order valence-electron chi connectivity index (χ2n) is 15.0. The van der Waals surface area contributed by atoms with Gasteiger partial charge in [-0.1, -0.05) is 24.3 Å². The number of aromatic amines is 1. The molecule has 2 aromatic carbocycles. The second kappa shape index (κ2) is 14.6. The summed E-state index contributed by atoms with van der Waals surface area (Å²) in [6, 6.07) is 14.3. The molecule has 266 valence electrons. The highest BCUT2D eigenvalue weighted by Gasteiger charge is 2.37. The van der Waals surface area contributed by atoms with Crippen molar-refractivity contribution in [2.45, 2.75) is 69.6 Å². The summed E-state index contributed by atoms with van der Waals surface area (Å²) in [6.07, 6.45) is 7.50. The van der Waals surface area contributed by atoms with Crippen LogP contribution in [0.5, 0.6) is 0 Å². The fourth-order valence-corrected chi connectivity index (χ4v) is 8.44. The number of piperazine rings is 1. The van der Waals surface area contributed by atoms with Crippen LogP contribution in [-0.4, -0.2) is 136 Å². The number of piperidine rings is 2. The van der Waals surface area contributed by atoms with Crippen molar-refractivity contribution in [2.75, 3.05) is 70.8 Å². The molecule has 3 aromatic rings. The van der Waals surface area contributed by atoms with Gasteiger partial charge in [0.25, 0.3) is 5.91 Å². The smallest absolute Gasteiger partial charge is 0.410 e. The molecule has 5 aliphatic rings. The molecule has 4 amide bonds. The number of rotatable bonds is 8. The summed E-state index contributed by atoms with van der Waals surface area (Å²) in [5.74, 6) is 0.812. The molecule has 50 heavy (non-hydrogen) atoms. The predicted octanol–water partition coefficient (Wildman–Crippen LogP) is 4.18. The molecule has 2 N–H and O–H groups in total. The van der Waals surface area contributed by atoms with Crippen molar-refractivity contribution in [1.29, 1.82) is 0 Å². The van der Waals surface area contributed by atoms with E-state index in [1.807, 2.05) is 46.2 Å². The van der Waals surface area contributed by atoms with E-state index in [9.17, 15) is 14.4 Å². The maximum Gasteiger partial charge on any atom is 0.410 e. The monoisotopic (exact) mass is 682 g/mol. The Balaban J connectivity index is 0.879. The van der Waals surface area contributed by atoms with Crippen molar-refractivity contribution in [3.8, 4) is 0 Å². The Kier molecular flexibility index (Phi) is 9.64. The number of amides is 4. The molecule has 0 radical (unpaired) electrons. The van der Waals surface area contributed by atoms with Crippen LogP contribution in [0.15, 0.2) is 48.7 Å². The zero-order valence-electron chi connectivity index (χ0n) is 29.0. The third-order valence-electron chi connectivity index (χ3n) is 11.7. The number of nitrogens with zero attached hydrogens (tertiary/aromatic N) is 6. The number of urea groups is 1. The molecule has 4 aliphatic heterocycles. The highest BCUT2D eigenvalue weighted by Crippen LogP contribution is 2.31. The summed E-state index contributed by atoms with van der Waals surface area (Å²) in [7, 11) is 0. The van der Waals surface area contributed by atoms with Crippen LogP contribution in [-0.2, 0) is 22.4 Å². The van der Waals surface area contributed by atoms with Crippen molar-refractivity contribution in [1.82, 2.24) is 34.7 Å². The number of hydrogen-bond donors (Lipinski definition) is 2. The highest BCUT2D eigenvalue weighted by molar-refractivity contribution is 5.91. The van der Waals surface area contributed by atoms with Crippen LogP contribution in [0.2, 0.25) is 0 Å². The average Bonchev–Trinajstić information content (AvgIpc) is 3.88. The van der Waals surface area contributed by atoms with Gasteiger partial charge < -0.3 is 29.7 Å². The van der Waals surface area contributed by atoms with Crippen LogP contribution in [0, 0.1) is 5.92 Å². The number of carbonyl (C=O) groups excluding carboxylic acids is 3. The van der Waals surface area contributed by atoms with E-state index >= 15 is 0 Å². The Morgan fingerprint density at radius 1 is 0.840 bits per heavy atom. The van der Waals surface area contributed by atoms with Gasteiger partial charge in [-0.25, -0.2) is 9.59 Å². The summed E-state index contributed by atoms with van der Waals surface area (Å²) in [4.78, 5) is 51.7. The Bertz CT molecular complexity index is 1670. The zero-order chi connectivity index (χ0) is 34.0. The van der Waals surface area contributed by atoms with Crippen molar-refractivity contribution < 1.29 is 19.1 Å². The first-order valence-electron chi connectivity index (χ1n) is 18.7. The number of hydrogen-bond acceptors (Lipinski definition) is 7. The molecule has 0 unspecified atom stereocenters. The van der Waals surface area contributed by atoms with E-state index in [4.69, 9.17) is 4.74 Å². The largest absolute Gasteiger partial charge is 0.436 e. The van der Waals surface area contributed by atoms with E-state index in [0.29, 0.717) is 58.0 Å². The minimum absolute atomic E-state index is 0.0370. The van der Waals surface area contributed by atoms with Crippen LogP contribution < -0.4 is 5.32 Å². The Morgan fingerprint density at radius 3 is 2.36 bits per heavy atom. The second-order valence-corrected chi connectivity index (χ2v) is 15.0. The van der Waals surface area contributed by atoms with Gasteiger partial charge >= 0.3 is 12.1 Å². The third-order valence-corrected chi connectivity index (χ3v) is 11.7. The number of carbonyl (C=O) groups is 3. The van der Waals surface area contributed by atoms with Gasteiger partial charge in [0.15, 0.2) is 6.10 Å². The van der Waals surface area contributed by atoms with Gasteiger partial charge in [-0.2, -0.15) is 5.10 Å². The molecular formula is C38H50N8O4. The summed E-state index contributed by atoms with van der Waals surface area (Å²) in [6.45, 7) is 8.70. The van der Waals surface area contributed by atoms with Crippen molar-refractivity contribution in [3.05, 3.63) is 59.8 Å². The van der Waals surface area contributed by atoms with Gasteiger partial charge in [0, 0.05) is 95.0 Å². The Labute approximate surface area is 294 Å². The standard InChI is InChI=1S/C38H50N8O4/c47-36(44-14-10-31(11-15-44)43-21-19-42(20-22-43)26-27-5-6-27)35(24-28-7-8-34-30(23-28)25-39-41-34)50-38(49)45-16-12-32(13-17-45)46-18-9-29-3-1-2-4-33(29)40-37(46)48/h1-4,7-8,23,25,27,31-32,35H,5-6,9-22,24,26H2,(H,39,41)(H,40,48)/t35-/m1/s1. The molecule has 8 rings (SSSR count). The molecule has 0 spiro atoms. The van der Waals surface area contributed by atoms with Gasteiger partial charge in [-0.15, -0.1) is 0 Å². The van der Waals surface area contributed by atoms with E-state index in [1.54, 1.807) is 11.1 Å². The highest BCUT2D eigenvalue weighted by atomic mass is 16.6. The van der Waals surface area contributed by atoms with Crippen LogP contribution in [0.1, 0.15) is 49.7 Å². The molecule has 1 atom stereocenters. The first-order valence-corrected chi connectivity index (χ1v) is 18.7. The number of H-pyrrole nitrogens is 1. The SMILES string of the molecule is O=C(O[C@H](Cc1ccc2[nH]ncc2c1)C(=O)N1CCC(N2CCN(CC3CC3)CC2)CC1)N1CCC(N2CCc3ccccc3NC2=O)CC1. The minimum atomic E-state index is -0.915. The topological polar surface area (TPSA) is 117 Å². The number of anilines is 1. The number of benzene rings is 2. The number of likely N-dealkylation sites (tertiary alicyclic amines) is 2. The molecule has 0 bridgehead atoms. The average molecular weight is 683 g/mol. The predicted molar refractivity (Wildman–Crippen MR) is 191 cm³/mol. The van der Waals surface area contributed by atoms with E-state index in [0.717, 1.165) is 79.1 Å². The lowest BCUT2D eigenvalue weighted by Crippen LogP contribution is -2.55. The summed E-state index contributed by atoms with van der Waals surface area (Å²) in [5, 5.41) is 11.1. The fourth-order valence-electron chi connectivity index (χ4n) is 8.44. The number of fused-ring (bicyclic) bond motifs is 2. The van der Waals surface area contributed by atoms with Gasteiger partial charge in [-0.3, -0.25) is 14.8 Å². The number of nitrogens with one attached hydrogen (secondary N) is 2. The minimum Gasteiger partial charge on any atom is -0.436 e. The van der Waals surface area contributed by atoms with Gasteiger partial charge in [-0.05, 0) is 80.2 Å². The van der Waals surface area contributed by atoms with E-state index in [1.165, 1.54) is 19.4 Å². The first-order chi connectivity index (χ1) is 24.5. The molecule has 12 nitrogen and oxygen atoms in total. The maximum absolute atomic E-state index is 14.1. The molecule has 4 fully saturated rings. The molecule has 1 aromatic heterocycles. The van der Waals surface area contributed by atoms with Crippen LogP contribution >= 0.6 is 0 Å². The first kappa shape index (κ1) is 33.0. The maximum atomic E-state index is 14.1. The normalized spacial score (nSPS) is 22.2. The lowest BCUT2D eigenvalue weighted by Gasteiger charge is -2.43. The van der Waals surface area contributed by atoms with Gasteiger partial charge in [0.2, 0.25) is 0 Å². The summed E-state index contributed by atoms with van der Waals surface area (Å²) in [5.41, 5.74) is 3.86. The number of ether oxygens (including phenoxy) is 1. The van der Waals surface area contributed by atoms with Crippen molar-refractivity contribution in [2.24, 2.45) is 5.92 Å². The zero-order valence-corrected chi connectivity index (χ0v) is 29.0. The van der Waals surface area contributed by atoms with Gasteiger partial charge in [0.05, 0.1) is 11.7 Å². The quantitative estimate of drug-likeness (QED) is 0.366. The lowest BCUT2D eigenvalue weighted by molar-refractivity contribution is -0.142. The van der Waals surface area contributed by atoms with E-state index in [2.05, 4.69) is 31.4 Å². The van der Waals surface area contributed by atoms with Crippen molar-refractivity contribution >= 4 is 34.6 Å². The van der Waals surface area contributed by atoms with E-state index in [-0.39, 0.29) is 18.0 Å². The molecular weight excluding hydrogens is 632 g/mol. The molecule has 12 heteroatoms. The van der Waals surface area contributed by atoms with Crippen LogP contribution in [0.4, 0.5) is 15.3 Å². The Morgan fingerprint density at radius 2 is 1.58 bits per heavy atom. The van der Waals surface area contributed by atoms with Crippen LogP contribution in [0.25, 0.3) is 10.9 Å². The van der Waals surface area contributed by atoms with Crippen LogP contribution in [0.3, 0.4) is 0 Å². The lowest BCUT2D eigenvalue weighted by atomic mass is 10.00. The molecule has 1 saturated carbocycles. The molecule has 5 heterocycles. The Hall–Kier alpha value is -4.16. The van der Waals surface area contributed by atoms with E-state index < -0.39 is 12.2 Å². The molecule has 1 aliphatic carbocycles. The summed E-state index contributed by atoms with van der Waals surface area (Å²) < 4.78 is 6.12. The third kappa shape index (κ3) is 7.46. The van der Waals surface area contributed by atoms with Gasteiger partial charge in [0.1, 0.15) is 0 Å². The molecule has 3 saturated heterocycles. The summed E-state index contributed by atoms with van der Waals surface area (Å²) >= 11 is 0. The number of aromatic nitrogens is 2. The fraction of sp³-hybridized carbons (Fsp3) is 0.579. The van der Waals surface area contributed by atoms with Crippen molar-refractivity contribution in [3.63, 3.8) is 0 Å².